The van der Waals surface area contributed by atoms with Crippen LogP contribution in [0.3, 0.4) is 0 Å². The molecule has 130 valence electrons. The monoisotopic (exact) mass is 343 g/mol. The number of hydrogen-bond donors (Lipinski definition) is 2. The number of nitrogens with one attached hydrogen (secondary N) is 2. The van der Waals surface area contributed by atoms with Gasteiger partial charge in [0.2, 0.25) is 5.91 Å². The van der Waals surface area contributed by atoms with Gasteiger partial charge in [-0.25, -0.2) is 13.9 Å². The number of aromatic nitrogens is 4. The summed E-state index contributed by atoms with van der Waals surface area (Å²) in [5, 5.41) is 5.45. The molecule has 1 amide bonds. The van der Waals surface area contributed by atoms with E-state index < -0.39 is 5.82 Å². The van der Waals surface area contributed by atoms with Gasteiger partial charge in [0.25, 0.3) is 5.56 Å². The van der Waals surface area contributed by atoms with Gasteiger partial charge in [-0.2, -0.15) is 0 Å². The lowest BCUT2D eigenvalue weighted by atomic mass is 10.1. The molecule has 8 heteroatoms. The third-order valence-corrected chi connectivity index (χ3v) is 4.06. The first-order chi connectivity index (χ1) is 11.9. The lowest BCUT2D eigenvalue weighted by Gasteiger charge is -2.11. The molecule has 0 fully saturated rings. The maximum absolute atomic E-state index is 12.8. The molecule has 0 spiro atoms. The quantitative estimate of drug-likeness (QED) is 0.733. The standard InChI is InChI=1S/C17H18FN5O2/c1-10-14(11(2)23-15(21-10)7-17(25)22-23)5-6-16(24)20-9-13-4-3-12(18)8-19-13/h3-4,7-8H,5-6,9H2,1-2H3,(H,20,24)(H,22,25). The number of pyridine rings is 1. The van der Waals surface area contributed by atoms with Crippen LogP contribution in [-0.2, 0) is 17.8 Å². The van der Waals surface area contributed by atoms with Crippen LogP contribution in [-0.4, -0.2) is 25.5 Å². The molecule has 0 radical (unpaired) electrons. The highest BCUT2D eigenvalue weighted by Gasteiger charge is 2.12. The van der Waals surface area contributed by atoms with Crippen molar-refractivity contribution in [3.05, 3.63) is 63.2 Å². The summed E-state index contributed by atoms with van der Waals surface area (Å²) in [6.07, 6.45) is 1.90. The van der Waals surface area contributed by atoms with E-state index in [1.54, 1.807) is 4.52 Å². The van der Waals surface area contributed by atoms with E-state index in [0.717, 1.165) is 23.1 Å². The first-order valence-electron chi connectivity index (χ1n) is 7.89. The van der Waals surface area contributed by atoms with Gasteiger partial charge in [-0.3, -0.25) is 19.7 Å². The molecule has 0 aliphatic carbocycles. The third-order valence-electron chi connectivity index (χ3n) is 4.06. The van der Waals surface area contributed by atoms with Gasteiger partial charge in [-0.1, -0.05) is 0 Å². The minimum absolute atomic E-state index is 0.133. The van der Waals surface area contributed by atoms with Gasteiger partial charge >= 0.3 is 0 Å². The Labute approximate surface area is 142 Å². The number of hydrogen-bond acceptors (Lipinski definition) is 4. The second kappa shape index (κ2) is 6.84. The van der Waals surface area contributed by atoms with Crippen LogP contribution in [0.4, 0.5) is 4.39 Å². The zero-order valence-corrected chi connectivity index (χ0v) is 14.0. The highest BCUT2D eigenvalue weighted by molar-refractivity contribution is 5.76. The largest absolute Gasteiger partial charge is 0.350 e. The minimum Gasteiger partial charge on any atom is -0.350 e. The molecular weight excluding hydrogens is 325 g/mol. The van der Waals surface area contributed by atoms with Crippen molar-refractivity contribution >= 4 is 11.6 Å². The van der Waals surface area contributed by atoms with Gasteiger partial charge in [-0.15, -0.1) is 0 Å². The molecular formula is C17H18FN5O2. The number of nitrogens with zero attached hydrogens (tertiary/aromatic N) is 3. The fourth-order valence-electron chi connectivity index (χ4n) is 2.74. The van der Waals surface area contributed by atoms with Gasteiger partial charge in [0.05, 0.1) is 18.4 Å². The van der Waals surface area contributed by atoms with Crippen LogP contribution < -0.4 is 10.9 Å². The number of fused-ring (bicyclic) bond motifs is 1. The fourth-order valence-corrected chi connectivity index (χ4v) is 2.74. The highest BCUT2D eigenvalue weighted by Crippen LogP contribution is 2.15. The molecule has 25 heavy (non-hydrogen) atoms. The summed E-state index contributed by atoms with van der Waals surface area (Å²) in [7, 11) is 0. The van der Waals surface area contributed by atoms with Crippen molar-refractivity contribution in [1.29, 1.82) is 0 Å². The number of carbonyl (C=O) groups is 1. The Balaban J connectivity index is 1.64. The Kier molecular flexibility index (Phi) is 4.60. The Bertz CT molecular complexity index is 975. The fraction of sp³-hybridized carbons (Fsp3) is 0.294. The molecule has 7 nitrogen and oxygen atoms in total. The number of aromatic amines is 1. The van der Waals surface area contributed by atoms with E-state index in [1.165, 1.54) is 18.2 Å². The maximum Gasteiger partial charge on any atom is 0.266 e. The van der Waals surface area contributed by atoms with Gasteiger partial charge in [0.15, 0.2) is 5.65 Å². The number of halogens is 1. The average molecular weight is 343 g/mol. The van der Waals surface area contributed by atoms with Crippen LogP contribution in [0.25, 0.3) is 5.65 Å². The number of rotatable bonds is 5. The number of amides is 1. The van der Waals surface area contributed by atoms with Crippen molar-refractivity contribution in [3.63, 3.8) is 0 Å². The summed E-state index contributed by atoms with van der Waals surface area (Å²) >= 11 is 0. The maximum atomic E-state index is 12.8. The van der Waals surface area contributed by atoms with E-state index in [-0.39, 0.29) is 24.4 Å². The van der Waals surface area contributed by atoms with Crippen molar-refractivity contribution < 1.29 is 9.18 Å². The average Bonchev–Trinajstić information content (AvgIpc) is 2.94. The van der Waals surface area contributed by atoms with Gasteiger partial charge < -0.3 is 5.32 Å². The van der Waals surface area contributed by atoms with Crippen molar-refractivity contribution in [2.75, 3.05) is 0 Å². The van der Waals surface area contributed by atoms with Crippen LogP contribution in [0.1, 0.15) is 29.1 Å². The summed E-state index contributed by atoms with van der Waals surface area (Å²) in [6.45, 7) is 3.99. The molecule has 0 aromatic carbocycles. The number of carbonyl (C=O) groups excluding carboxylic acids is 1. The second-order valence-corrected chi connectivity index (χ2v) is 5.82. The van der Waals surface area contributed by atoms with E-state index in [9.17, 15) is 14.0 Å². The van der Waals surface area contributed by atoms with E-state index in [0.29, 0.717) is 17.8 Å². The smallest absolute Gasteiger partial charge is 0.266 e. The van der Waals surface area contributed by atoms with Crippen molar-refractivity contribution in [2.45, 2.75) is 33.2 Å². The topological polar surface area (TPSA) is 92.1 Å². The first kappa shape index (κ1) is 16.8. The van der Waals surface area contributed by atoms with Crippen LogP contribution >= 0.6 is 0 Å². The molecule has 0 atom stereocenters. The van der Waals surface area contributed by atoms with E-state index in [1.807, 2.05) is 13.8 Å². The molecule has 0 aliphatic heterocycles. The molecule has 3 rings (SSSR count). The molecule has 0 unspecified atom stereocenters. The molecule has 0 bridgehead atoms. The van der Waals surface area contributed by atoms with E-state index in [2.05, 4.69) is 20.4 Å². The summed E-state index contributed by atoms with van der Waals surface area (Å²) in [5.41, 5.74) is 3.53. The van der Waals surface area contributed by atoms with E-state index >= 15 is 0 Å². The second-order valence-electron chi connectivity index (χ2n) is 5.82. The van der Waals surface area contributed by atoms with Crippen LogP contribution in [0.15, 0.2) is 29.2 Å². The summed E-state index contributed by atoms with van der Waals surface area (Å²) in [4.78, 5) is 31.8. The molecule has 0 aliphatic rings. The Morgan fingerprint density at radius 1 is 1.36 bits per heavy atom. The van der Waals surface area contributed by atoms with Crippen molar-refractivity contribution in [3.8, 4) is 0 Å². The lowest BCUT2D eigenvalue weighted by Crippen LogP contribution is -2.24. The van der Waals surface area contributed by atoms with Crippen LogP contribution in [0, 0.1) is 19.7 Å². The van der Waals surface area contributed by atoms with Gasteiger partial charge in [0.1, 0.15) is 5.82 Å². The minimum atomic E-state index is -0.410. The molecule has 2 N–H and O–H groups in total. The van der Waals surface area contributed by atoms with Crippen LogP contribution in [0.2, 0.25) is 0 Å². The highest BCUT2D eigenvalue weighted by atomic mass is 19.1. The van der Waals surface area contributed by atoms with Gasteiger partial charge in [0, 0.05) is 23.9 Å². The van der Waals surface area contributed by atoms with Crippen molar-refractivity contribution in [1.82, 2.24) is 24.9 Å². The molecule has 0 saturated heterocycles. The summed E-state index contributed by atoms with van der Waals surface area (Å²) < 4.78 is 14.4. The SMILES string of the molecule is Cc1nc2cc(=O)[nH]n2c(C)c1CCC(=O)NCc1ccc(F)cn1. The number of H-pyrrole nitrogens is 1. The molecule has 3 aromatic rings. The summed E-state index contributed by atoms with van der Waals surface area (Å²) in [5.74, 6) is -0.544. The number of aryl methyl sites for hydroxylation is 2. The summed E-state index contributed by atoms with van der Waals surface area (Å²) in [6, 6.07) is 4.27. The van der Waals surface area contributed by atoms with Crippen LogP contribution in [0.5, 0.6) is 0 Å². The predicted molar refractivity (Wildman–Crippen MR) is 89.6 cm³/mol. The zero-order valence-electron chi connectivity index (χ0n) is 14.0. The zero-order chi connectivity index (χ0) is 18.0. The van der Waals surface area contributed by atoms with E-state index in [4.69, 9.17) is 0 Å². The molecule has 3 aromatic heterocycles. The lowest BCUT2D eigenvalue weighted by molar-refractivity contribution is -0.121. The third kappa shape index (κ3) is 3.73. The Morgan fingerprint density at radius 2 is 2.16 bits per heavy atom. The van der Waals surface area contributed by atoms with Crippen molar-refractivity contribution in [2.24, 2.45) is 0 Å². The first-order valence-corrected chi connectivity index (χ1v) is 7.89. The Hall–Kier alpha value is -3.03. The van der Waals surface area contributed by atoms with Gasteiger partial charge in [-0.05, 0) is 38.0 Å². The Morgan fingerprint density at radius 3 is 2.88 bits per heavy atom. The molecule has 3 heterocycles. The normalized spacial score (nSPS) is 11.0. The predicted octanol–water partition coefficient (Wildman–Crippen LogP) is 1.42. The molecule has 0 saturated carbocycles.